The smallest absolute Gasteiger partial charge is 0.276 e. The van der Waals surface area contributed by atoms with Gasteiger partial charge in [0.2, 0.25) is 5.95 Å². The van der Waals surface area contributed by atoms with E-state index in [0.717, 1.165) is 29.5 Å². The predicted octanol–water partition coefficient (Wildman–Crippen LogP) is 2.32. The maximum Gasteiger partial charge on any atom is 0.352 e. The van der Waals surface area contributed by atoms with Gasteiger partial charge in [0.15, 0.2) is 0 Å². The van der Waals surface area contributed by atoms with E-state index in [1.165, 1.54) is 5.01 Å². The number of nitrogens with two attached hydrogens (primary N) is 1. The minimum atomic E-state index is -0.343. The minimum Gasteiger partial charge on any atom is -0.276 e. The standard InChI is InChI=1S/C18H25N5O/c1-5-12-23(19)17-20-16(22(8-4)18(24)21-17)15-13(6-2)10-9-11-14(15)7-3/h5,9-11H,1,6-8,12,19H2,2-4H3. The number of aryl methyl sites for hydroxylation is 2. The van der Waals surface area contributed by atoms with Gasteiger partial charge >= 0.3 is 5.69 Å². The largest absolute Gasteiger partial charge is 0.352 e. The van der Waals surface area contributed by atoms with Gasteiger partial charge in [-0.05, 0) is 30.9 Å². The van der Waals surface area contributed by atoms with E-state index >= 15 is 0 Å². The second kappa shape index (κ2) is 7.88. The Balaban J connectivity index is 2.78. The molecule has 0 amide bonds. The van der Waals surface area contributed by atoms with Crippen LogP contribution in [0.1, 0.15) is 31.9 Å². The van der Waals surface area contributed by atoms with Crippen molar-refractivity contribution in [2.45, 2.75) is 40.2 Å². The van der Waals surface area contributed by atoms with Crippen molar-refractivity contribution in [3.05, 3.63) is 52.5 Å². The number of hydrazine groups is 1. The highest BCUT2D eigenvalue weighted by molar-refractivity contribution is 5.66. The van der Waals surface area contributed by atoms with Gasteiger partial charge in [0.05, 0.1) is 6.54 Å². The van der Waals surface area contributed by atoms with Gasteiger partial charge in [0.25, 0.3) is 0 Å². The molecule has 0 bridgehead atoms. The molecule has 0 saturated carbocycles. The van der Waals surface area contributed by atoms with Crippen molar-refractivity contribution in [1.29, 1.82) is 0 Å². The molecule has 6 nitrogen and oxygen atoms in total. The lowest BCUT2D eigenvalue weighted by Gasteiger charge is -2.19. The Hall–Kier alpha value is -2.47. The molecule has 0 aliphatic heterocycles. The monoisotopic (exact) mass is 327 g/mol. The fourth-order valence-electron chi connectivity index (χ4n) is 2.77. The molecule has 0 saturated heterocycles. The number of anilines is 1. The molecule has 2 N–H and O–H groups in total. The molecule has 1 heterocycles. The van der Waals surface area contributed by atoms with E-state index in [4.69, 9.17) is 5.84 Å². The summed E-state index contributed by atoms with van der Waals surface area (Å²) in [5.74, 6) is 6.78. The molecule has 0 aliphatic rings. The molecule has 0 spiro atoms. The van der Waals surface area contributed by atoms with Crippen LogP contribution in [0.2, 0.25) is 0 Å². The third kappa shape index (κ3) is 3.38. The molecule has 2 rings (SSSR count). The molecule has 24 heavy (non-hydrogen) atoms. The van der Waals surface area contributed by atoms with E-state index in [0.29, 0.717) is 18.9 Å². The van der Waals surface area contributed by atoms with Crippen LogP contribution in [-0.2, 0) is 19.4 Å². The first-order valence-corrected chi connectivity index (χ1v) is 8.30. The minimum absolute atomic E-state index is 0.215. The molecule has 128 valence electrons. The molecule has 0 fully saturated rings. The summed E-state index contributed by atoms with van der Waals surface area (Å²) < 4.78 is 1.60. The van der Waals surface area contributed by atoms with Crippen LogP contribution in [0.5, 0.6) is 0 Å². The molecular weight excluding hydrogens is 302 g/mol. The molecule has 0 aliphatic carbocycles. The SMILES string of the molecule is C=CCN(N)c1nc(-c2c(CC)cccc2CC)n(CC)c(=O)n1. The van der Waals surface area contributed by atoms with E-state index in [-0.39, 0.29) is 11.6 Å². The van der Waals surface area contributed by atoms with Crippen molar-refractivity contribution in [1.82, 2.24) is 14.5 Å². The fourth-order valence-corrected chi connectivity index (χ4v) is 2.77. The molecular formula is C18H25N5O. The van der Waals surface area contributed by atoms with Gasteiger partial charge in [-0.3, -0.25) is 9.58 Å². The van der Waals surface area contributed by atoms with Gasteiger partial charge in [0.1, 0.15) is 5.82 Å². The summed E-state index contributed by atoms with van der Waals surface area (Å²) in [5.41, 5.74) is 2.99. The zero-order valence-corrected chi connectivity index (χ0v) is 14.6. The van der Waals surface area contributed by atoms with E-state index in [9.17, 15) is 4.79 Å². The molecule has 6 heteroatoms. The zero-order valence-electron chi connectivity index (χ0n) is 14.6. The van der Waals surface area contributed by atoms with Crippen molar-refractivity contribution in [3.8, 4) is 11.4 Å². The van der Waals surface area contributed by atoms with Gasteiger partial charge in [-0.25, -0.2) is 10.6 Å². The van der Waals surface area contributed by atoms with Crippen molar-refractivity contribution < 1.29 is 0 Å². The first kappa shape index (κ1) is 17.9. The lowest BCUT2D eigenvalue weighted by Crippen LogP contribution is -2.36. The lowest BCUT2D eigenvalue weighted by molar-refractivity contribution is 0.675. The number of hydrogen-bond acceptors (Lipinski definition) is 5. The third-order valence-corrected chi connectivity index (χ3v) is 4.01. The number of aromatic nitrogens is 3. The van der Waals surface area contributed by atoms with E-state index in [1.807, 2.05) is 13.0 Å². The summed E-state index contributed by atoms with van der Waals surface area (Å²) in [6.07, 6.45) is 3.37. The van der Waals surface area contributed by atoms with E-state index in [2.05, 4.69) is 42.5 Å². The Bertz CT molecular complexity index is 759. The van der Waals surface area contributed by atoms with Gasteiger partial charge in [-0.1, -0.05) is 38.1 Å². The summed E-state index contributed by atoms with van der Waals surface area (Å²) in [6, 6.07) is 6.19. The number of rotatable bonds is 7. The Morgan fingerprint density at radius 3 is 2.33 bits per heavy atom. The van der Waals surface area contributed by atoms with Crippen molar-refractivity contribution in [2.75, 3.05) is 11.6 Å². The third-order valence-electron chi connectivity index (χ3n) is 4.01. The Morgan fingerprint density at radius 2 is 1.83 bits per heavy atom. The van der Waals surface area contributed by atoms with Crippen molar-refractivity contribution in [2.24, 2.45) is 5.84 Å². The number of nitrogens with zero attached hydrogens (tertiary/aromatic N) is 4. The molecule has 0 atom stereocenters. The fraction of sp³-hybridized carbons (Fsp3) is 0.389. The molecule has 2 aromatic rings. The average Bonchev–Trinajstić information content (AvgIpc) is 2.60. The van der Waals surface area contributed by atoms with Crippen LogP contribution in [0.3, 0.4) is 0 Å². The lowest BCUT2D eigenvalue weighted by atomic mass is 9.97. The highest BCUT2D eigenvalue weighted by atomic mass is 16.1. The average molecular weight is 327 g/mol. The summed E-state index contributed by atoms with van der Waals surface area (Å²) in [4.78, 5) is 21.1. The van der Waals surface area contributed by atoms with Crippen LogP contribution in [-0.4, -0.2) is 21.1 Å². The Morgan fingerprint density at radius 1 is 1.21 bits per heavy atom. The topological polar surface area (TPSA) is 77.0 Å². The van der Waals surface area contributed by atoms with Crippen molar-refractivity contribution >= 4 is 5.95 Å². The molecule has 0 unspecified atom stereocenters. The Labute approximate surface area is 142 Å². The van der Waals surface area contributed by atoms with E-state index in [1.54, 1.807) is 10.6 Å². The van der Waals surface area contributed by atoms with Crippen molar-refractivity contribution in [3.63, 3.8) is 0 Å². The second-order valence-corrected chi connectivity index (χ2v) is 5.47. The van der Waals surface area contributed by atoms with Gasteiger partial charge in [-0.15, -0.1) is 6.58 Å². The second-order valence-electron chi connectivity index (χ2n) is 5.47. The van der Waals surface area contributed by atoms with Crippen LogP contribution in [0, 0.1) is 0 Å². The van der Waals surface area contributed by atoms with Gasteiger partial charge in [-0.2, -0.15) is 9.97 Å². The number of hydrogen-bond donors (Lipinski definition) is 1. The summed E-state index contributed by atoms with van der Waals surface area (Å²) in [7, 11) is 0. The van der Waals surface area contributed by atoms with Crippen LogP contribution < -0.4 is 16.5 Å². The number of benzene rings is 1. The summed E-state index contributed by atoms with van der Waals surface area (Å²) in [6.45, 7) is 10.6. The maximum absolute atomic E-state index is 12.5. The quantitative estimate of drug-likeness (QED) is 0.480. The molecule has 1 aromatic heterocycles. The highest BCUT2D eigenvalue weighted by Gasteiger charge is 2.18. The summed E-state index contributed by atoms with van der Waals surface area (Å²) in [5, 5.41) is 1.33. The Kier molecular flexibility index (Phi) is 5.87. The van der Waals surface area contributed by atoms with E-state index < -0.39 is 0 Å². The normalized spacial score (nSPS) is 10.7. The van der Waals surface area contributed by atoms with Crippen LogP contribution in [0.15, 0.2) is 35.6 Å². The van der Waals surface area contributed by atoms with Crippen LogP contribution in [0.4, 0.5) is 5.95 Å². The highest BCUT2D eigenvalue weighted by Crippen LogP contribution is 2.27. The molecule has 0 radical (unpaired) electrons. The first-order chi connectivity index (χ1) is 11.6. The first-order valence-electron chi connectivity index (χ1n) is 8.30. The zero-order chi connectivity index (χ0) is 17.7. The molecule has 1 aromatic carbocycles. The van der Waals surface area contributed by atoms with Crippen LogP contribution >= 0.6 is 0 Å². The predicted molar refractivity (Wildman–Crippen MR) is 97.9 cm³/mol. The summed E-state index contributed by atoms with van der Waals surface area (Å²) >= 11 is 0. The van der Waals surface area contributed by atoms with Gasteiger partial charge in [0, 0.05) is 12.1 Å². The van der Waals surface area contributed by atoms with Gasteiger partial charge < -0.3 is 0 Å². The maximum atomic E-state index is 12.5. The van der Waals surface area contributed by atoms with Crippen LogP contribution in [0.25, 0.3) is 11.4 Å².